The molecule has 1 rings (SSSR count). The maximum Gasteiger partial charge on any atom is 0.220 e. The molecule has 15 heavy (non-hydrogen) atoms. The lowest BCUT2D eigenvalue weighted by Crippen LogP contribution is -2.29. The summed E-state index contributed by atoms with van der Waals surface area (Å²) in [5.41, 5.74) is 0. The first kappa shape index (κ1) is 12.8. The van der Waals surface area contributed by atoms with Crippen LogP contribution in [-0.4, -0.2) is 31.0 Å². The molecular weight excluding hydrogens is 214 g/mol. The second-order valence-electron chi connectivity index (χ2n) is 4.24. The predicted octanol–water partition coefficient (Wildman–Crippen LogP) is 1.94. The first-order valence-electron chi connectivity index (χ1n) is 5.66. The van der Waals surface area contributed by atoms with E-state index in [1.807, 2.05) is 6.92 Å². The van der Waals surface area contributed by atoms with Crippen molar-refractivity contribution in [1.82, 2.24) is 5.32 Å². The van der Waals surface area contributed by atoms with Crippen LogP contribution in [0.5, 0.6) is 0 Å². The number of ether oxygens (including phenoxy) is 1. The normalized spacial score (nSPS) is 22.7. The van der Waals surface area contributed by atoms with Gasteiger partial charge in [0.1, 0.15) is 0 Å². The molecule has 0 saturated carbocycles. The Balaban J connectivity index is 2.02. The lowest BCUT2D eigenvalue weighted by molar-refractivity contribution is -0.121. The van der Waals surface area contributed by atoms with Gasteiger partial charge >= 0.3 is 0 Å². The van der Waals surface area contributed by atoms with Gasteiger partial charge in [0.2, 0.25) is 5.91 Å². The number of nitrogens with one attached hydrogen (secondary N) is 1. The summed E-state index contributed by atoms with van der Waals surface area (Å²) in [6.45, 7) is 3.55. The highest BCUT2D eigenvalue weighted by atomic mass is 35.5. The van der Waals surface area contributed by atoms with Crippen LogP contribution in [-0.2, 0) is 9.53 Å². The van der Waals surface area contributed by atoms with Crippen molar-refractivity contribution >= 4 is 17.5 Å². The summed E-state index contributed by atoms with van der Waals surface area (Å²) in [5, 5.41) is 2.88. The fourth-order valence-corrected chi connectivity index (χ4v) is 1.70. The van der Waals surface area contributed by atoms with Gasteiger partial charge in [-0.1, -0.05) is 6.92 Å². The Labute approximate surface area is 96.5 Å². The molecule has 0 bridgehead atoms. The predicted molar refractivity (Wildman–Crippen MR) is 61.1 cm³/mol. The summed E-state index contributed by atoms with van der Waals surface area (Å²) in [6.07, 6.45) is 3.96. The van der Waals surface area contributed by atoms with E-state index in [0.29, 0.717) is 30.9 Å². The van der Waals surface area contributed by atoms with Gasteiger partial charge in [0, 0.05) is 25.5 Å². The lowest BCUT2D eigenvalue weighted by Gasteiger charge is -2.11. The summed E-state index contributed by atoms with van der Waals surface area (Å²) in [5.74, 6) is 1.05. The summed E-state index contributed by atoms with van der Waals surface area (Å²) in [4.78, 5) is 11.4. The molecule has 2 unspecified atom stereocenters. The van der Waals surface area contributed by atoms with Crippen molar-refractivity contribution in [1.29, 1.82) is 0 Å². The zero-order valence-electron chi connectivity index (χ0n) is 9.30. The number of amides is 1. The topological polar surface area (TPSA) is 38.3 Å². The third-order valence-electron chi connectivity index (χ3n) is 2.63. The number of alkyl halides is 1. The van der Waals surface area contributed by atoms with Gasteiger partial charge in [-0.3, -0.25) is 4.79 Å². The first-order valence-corrected chi connectivity index (χ1v) is 6.20. The van der Waals surface area contributed by atoms with Crippen molar-refractivity contribution in [2.75, 3.05) is 19.0 Å². The quantitative estimate of drug-likeness (QED) is 0.712. The van der Waals surface area contributed by atoms with Crippen LogP contribution in [0.4, 0.5) is 0 Å². The standard InChI is InChI=1S/C11H20ClNO2/c1-9(7-12)8-13-11(14)5-4-10-3-2-6-15-10/h9-10H,2-8H2,1H3,(H,13,14). The number of hydrogen-bond donors (Lipinski definition) is 1. The molecule has 3 nitrogen and oxygen atoms in total. The van der Waals surface area contributed by atoms with Crippen molar-refractivity contribution in [2.45, 2.75) is 38.7 Å². The molecule has 0 aliphatic carbocycles. The fourth-order valence-electron chi connectivity index (χ4n) is 1.60. The molecule has 2 atom stereocenters. The Morgan fingerprint density at radius 1 is 1.67 bits per heavy atom. The summed E-state index contributed by atoms with van der Waals surface area (Å²) >= 11 is 5.64. The van der Waals surface area contributed by atoms with E-state index in [9.17, 15) is 4.79 Å². The molecule has 0 radical (unpaired) electrons. The largest absolute Gasteiger partial charge is 0.378 e. The van der Waals surface area contributed by atoms with Crippen molar-refractivity contribution in [3.8, 4) is 0 Å². The van der Waals surface area contributed by atoms with Gasteiger partial charge < -0.3 is 10.1 Å². The van der Waals surface area contributed by atoms with E-state index < -0.39 is 0 Å². The van der Waals surface area contributed by atoms with Gasteiger partial charge in [-0.25, -0.2) is 0 Å². The van der Waals surface area contributed by atoms with Gasteiger partial charge in [0.25, 0.3) is 0 Å². The number of carbonyl (C=O) groups excluding carboxylic acids is 1. The summed E-state index contributed by atoms with van der Waals surface area (Å²) in [6, 6.07) is 0. The van der Waals surface area contributed by atoms with Crippen LogP contribution in [0.3, 0.4) is 0 Å². The Bertz CT molecular complexity index is 193. The average Bonchev–Trinajstić information content (AvgIpc) is 2.75. The van der Waals surface area contributed by atoms with E-state index in [-0.39, 0.29) is 5.91 Å². The minimum Gasteiger partial charge on any atom is -0.378 e. The van der Waals surface area contributed by atoms with E-state index >= 15 is 0 Å². The van der Waals surface area contributed by atoms with Crippen molar-refractivity contribution < 1.29 is 9.53 Å². The monoisotopic (exact) mass is 233 g/mol. The van der Waals surface area contributed by atoms with Crippen LogP contribution in [0.15, 0.2) is 0 Å². The molecule has 1 heterocycles. The molecule has 1 aliphatic heterocycles. The Hall–Kier alpha value is -0.280. The number of hydrogen-bond acceptors (Lipinski definition) is 2. The highest BCUT2D eigenvalue weighted by Crippen LogP contribution is 2.16. The zero-order chi connectivity index (χ0) is 11.1. The van der Waals surface area contributed by atoms with Gasteiger partial charge in [0.15, 0.2) is 0 Å². The molecule has 0 aromatic rings. The number of carbonyl (C=O) groups is 1. The Morgan fingerprint density at radius 2 is 2.47 bits per heavy atom. The van der Waals surface area contributed by atoms with Crippen molar-refractivity contribution in [2.24, 2.45) is 5.92 Å². The molecule has 1 fully saturated rings. The van der Waals surface area contributed by atoms with Crippen LogP contribution >= 0.6 is 11.6 Å². The Kier molecular flexibility index (Phi) is 6.03. The lowest BCUT2D eigenvalue weighted by atomic mass is 10.1. The molecule has 88 valence electrons. The van der Waals surface area contributed by atoms with E-state index in [4.69, 9.17) is 16.3 Å². The van der Waals surface area contributed by atoms with Crippen LogP contribution in [0.1, 0.15) is 32.6 Å². The van der Waals surface area contributed by atoms with Crippen LogP contribution in [0, 0.1) is 5.92 Å². The molecule has 1 N–H and O–H groups in total. The molecule has 0 aromatic carbocycles. The molecule has 1 saturated heterocycles. The number of halogens is 1. The van der Waals surface area contributed by atoms with E-state index in [1.54, 1.807) is 0 Å². The maximum absolute atomic E-state index is 11.4. The minimum atomic E-state index is 0.113. The molecule has 4 heteroatoms. The summed E-state index contributed by atoms with van der Waals surface area (Å²) in [7, 11) is 0. The van der Waals surface area contributed by atoms with Gasteiger partial charge in [-0.05, 0) is 25.2 Å². The smallest absolute Gasteiger partial charge is 0.220 e. The molecule has 0 spiro atoms. The van der Waals surface area contributed by atoms with E-state index in [0.717, 1.165) is 25.9 Å². The first-order chi connectivity index (χ1) is 7.22. The second kappa shape index (κ2) is 7.07. The molecule has 0 aromatic heterocycles. The summed E-state index contributed by atoms with van der Waals surface area (Å²) < 4.78 is 5.45. The highest BCUT2D eigenvalue weighted by Gasteiger charge is 2.16. The van der Waals surface area contributed by atoms with Gasteiger partial charge in [-0.2, -0.15) is 0 Å². The van der Waals surface area contributed by atoms with E-state index in [1.165, 1.54) is 0 Å². The third-order valence-corrected chi connectivity index (χ3v) is 3.16. The molecular formula is C11H20ClNO2. The maximum atomic E-state index is 11.4. The van der Waals surface area contributed by atoms with Crippen LogP contribution in [0.25, 0.3) is 0 Å². The van der Waals surface area contributed by atoms with Gasteiger partial charge in [0.05, 0.1) is 6.10 Å². The second-order valence-corrected chi connectivity index (χ2v) is 4.55. The van der Waals surface area contributed by atoms with Crippen LogP contribution in [0.2, 0.25) is 0 Å². The van der Waals surface area contributed by atoms with Crippen molar-refractivity contribution in [3.63, 3.8) is 0 Å². The van der Waals surface area contributed by atoms with Gasteiger partial charge in [-0.15, -0.1) is 11.6 Å². The van der Waals surface area contributed by atoms with Crippen molar-refractivity contribution in [3.05, 3.63) is 0 Å². The van der Waals surface area contributed by atoms with Crippen LogP contribution < -0.4 is 5.32 Å². The molecule has 1 amide bonds. The molecule has 1 aliphatic rings. The Morgan fingerprint density at radius 3 is 3.07 bits per heavy atom. The fraction of sp³-hybridized carbons (Fsp3) is 0.909. The number of rotatable bonds is 6. The SMILES string of the molecule is CC(CCl)CNC(=O)CCC1CCCO1. The minimum absolute atomic E-state index is 0.113. The third kappa shape index (κ3) is 5.38. The average molecular weight is 234 g/mol. The zero-order valence-corrected chi connectivity index (χ0v) is 10.1. The van der Waals surface area contributed by atoms with E-state index in [2.05, 4.69) is 5.32 Å². The highest BCUT2D eigenvalue weighted by molar-refractivity contribution is 6.18.